The number of benzene rings is 1. The Morgan fingerprint density at radius 3 is 2.72 bits per heavy atom. The molecule has 9 heteroatoms. The van der Waals surface area contributed by atoms with E-state index in [1.165, 1.54) is 18.2 Å². The standard InChI is InChI=1S/C9H7BrN2O6/c10-8-5(2-1-3-6(8)12(16)17)9(15)11-18-4-7(13)14/h1-3H,4H2,(H,11,15)(H,13,14). The summed E-state index contributed by atoms with van der Waals surface area (Å²) in [6.45, 7) is -0.710. The molecule has 0 bridgehead atoms. The van der Waals surface area contributed by atoms with Crippen LogP contribution >= 0.6 is 15.9 Å². The Bertz CT molecular complexity index is 504. The minimum absolute atomic E-state index is 0.00794. The van der Waals surface area contributed by atoms with Gasteiger partial charge in [0.05, 0.1) is 10.5 Å². The number of amides is 1. The summed E-state index contributed by atoms with van der Waals surface area (Å²) in [6.07, 6.45) is 0. The fourth-order valence-corrected chi connectivity index (χ4v) is 1.64. The highest BCUT2D eigenvalue weighted by molar-refractivity contribution is 9.10. The molecule has 0 fully saturated rings. The van der Waals surface area contributed by atoms with Crippen LogP contribution < -0.4 is 5.48 Å². The van der Waals surface area contributed by atoms with E-state index in [4.69, 9.17) is 5.11 Å². The smallest absolute Gasteiger partial charge is 0.332 e. The van der Waals surface area contributed by atoms with Crippen molar-refractivity contribution in [1.29, 1.82) is 0 Å². The zero-order valence-electron chi connectivity index (χ0n) is 8.75. The van der Waals surface area contributed by atoms with Crippen LogP contribution in [-0.4, -0.2) is 28.5 Å². The molecular weight excluding hydrogens is 312 g/mol. The SMILES string of the molecule is O=C(O)CONC(=O)c1cccc([N+](=O)[O-])c1Br. The van der Waals surface area contributed by atoms with E-state index in [2.05, 4.69) is 20.8 Å². The van der Waals surface area contributed by atoms with Gasteiger partial charge in [-0.15, -0.1) is 0 Å². The second-order valence-electron chi connectivity index (χ2n) is 3.01. The molecule has 18 heavy (non-hydrogen) atoms. The molecule has 96 valence electrons. The maximum atomic E-state index is 11.5. The van der Waals surface area contributed by atoms with Gasteiger partial charge in [0.1, 0.15) is 4.47 Å². The Hall–Kier alpha value is -2.00. The third kappa shape index (κ3) is 3.50. The second-order valence-corrected chi connectivity index (χ2v) is 3.80. The van der Waals surface area contributed by atoms with E-state index in [1.54, 1.807) is 0 Å². The highest BCUT2D eigenvalue weighted by Gasteiger charge is 2.19. The van der Waals surface area contributed by atoms with Crippen molar-refractivity contribution >= 4 is 33.5 Å². The third-order valence-corrected chi connectivity index (χ3v) is 2.61. The van der Waals surface area contributed by atoms with Crippen LogP contribution in [0.15, 0.2) is 22.7 Å². The number of hydrogen-bond acceptors (Lipinski definition) is 5. The number of nitro benzene ring substituents is 1. The van der Waals surface area contributed by atoms with E-state index in [1.807, 2.05) is 5.48 Å². The summed E-state index contributed by atoms with van der Waals surface area (Å²) in [5.41, 5.74) is 1.56. The lowest BCUT2D eigenvalue weighted by atomic mass is 10.2. The van der Waals surface area contributed by atoms with Crippen molar-refractivity contribution < 1.29 is 24.5 Å². The second kappa shape index (κ2) is 6.07. The Kier molecular flexibility index (Phi) is 4.75. The molecule has 0 aromatic heterocycles. The first-order chi connectivity index (χ1) is 8.43. The number of carboxylic acids is 1. The zero-order chi connectivity index (χ0) is 13.7. The maximum absolute atomic E-state index is 11.5. The molecule has 0 aliphatic carbocycles. The van der Waals surface area contributed by atoms with Crippen molar-refractivity contribution in [1.82, 2.24) is 5.48 Å². The number of carboxylic acid groups (broad SMARTS) is 1. The van der Waals surface area contributed by atoms with Gasteiger partial charge in [-0.3, -0.25) is 19.7 Å². The van der Waals surface area contributed by atoms with Crippen LogP contribution in [0.5, 0.6) is 0 Å². The summed E-state index contributed by atoms with van der Waals surface area (Å²) in [5.74, 6) is -2.04. The molecule has 0 heterocycles. The van der Waals surface area contributed by atoms with Crippen molar-refractivity contribution in [2.24, 2.45) is 0 Å². The van der Waals surface area contributed by atoms with E-state index in [0.29, 0.717) is 0 Å². The summed E-state index contributed by atoms with van der Waals surface area (Å²) in [7, 11) is 0. The summed E-state index contributed by atoms with van der Waals surface area (Å²) in [5, 5.41) is 18.9. The summed E-state index contributed by atoms with van der Waals surface area (Å²) in [6, 6.07) is 3.88. The number of rotatable bonds is 5. The predicted octanol–water partition coefficient (Wildman–Crippen LogP) is 1.10. The normalized spacial score (nSPS) is 9.83. The predicted molar refractivity (Wildman–Crippen MR) is 61.9 cm³/mol. The average Bonchev–Trinajstić information content (AvgIpc) is 2.28. The first-order valence-electron chi connectivity index (χ1n) is 4.50. The Morgan fingerprint density at radius 2 is 2.17 bits per heavy atom. The molecule has 0 aliphatic rings. The molecule has 0 spiro atoms. The first-order valence-corrected chi connectivity index (χ1v) is 5.29. The summed E-state index contributed by atoms with van der Waals surface area (Å²) >= 11 is 2.93. The van der Waals surface area contributed by atoms with Crippen LogP contribution in [-0.2, 0) is 9.63 Å². The van der Waals surface area contributed by atoms with Crippen LogP contribution in [0.4, 0.5) is 5.69 Å². The lowest BCUT2D eigenvalue weighted by Gasteiger charge is -2.05. The van der Waals surface area contributed by atoms with Gasteiger partial charge in [-0.05, 0) is 22.0 Å². The number of hydroxylamine groups is 1. The molecule has 0 aliphatic heterocycles. The van der Waals surface area contributed by atoms with E-state index >= 15 is 0 Å². The average molecular weight is 319 g/mol. The van der Waals surface area contributed by atoms with Crippen molar-refractivity contribution in [3.05, 3.63) is 38.3 Å². The largest absolute Gasteiger partial charge is 0.479 e. The fourth-order valence-electron chi connectivity index (χ4n) is 1.05. The van der Waals surface area contributed by atoms with Gasteiger partial charge in [-0.2, -0.15) is 0 Å². The molecule has 0 unspecified atom stereocenters. The Morgan fingerprint density at radius 1 is 1.50 bits per heavy atom. The number of nitrogens with zero attached hydrogens (tertiary/aromatic N) is 1. The molecule has 0 atom stereocenters. The molecule has 1 amide bonds. The number of nitrogens with one attached hydrogen (secondary N) is 1. The molecule has 1 aromatic rings. The van der Waals surface area contributed by atoms with Gasteiger partial charge in [0.2, 0.25) is 0 Å². The van der Waals surface area contributed by atoms with Crippen molar-refractivity contribution in [3.63, 3.8) is 0 Å². The van der Waals surface area contributed by atoms with Crippen molar-refractivity contribution in [2.75, 3.05) is 6.61 Å². The monoisotopic (exact) mass is 318 g/mol. The Balaban J connectivity index is 2.83. The van der Waals surface area contributed by atoms with Gasteiger partial charge in [0.15, 0.2) is 6.61 Å². The van der Waals surface area contributed by atoms with Crippen LogP contribution in [0.25, 0.3) is 0 Å². The lowest BCUT2D eigenvalue weighted by Crippen LogP contribution is -2.27. The summed E-state index contributed by atoms with van der Waals surface area (Å²) < 4.78 is -0.00794. The van der Waals surface area contributed by atoms with Crippen LogP contribution in [0.3, 0.4) is 0 Å². The van der Waals surface area contributed by atoms with Gasteiger partial charge < -0.3 is 5.11 Å². The van der Waals surface area contributed by atoms with E-state index in [-0.39, 0.29) is 15.7 Å². The molecule has 2 N–H and O–H groups in total. The minimum Gasteiger partial charge on any atom is -0.479 e. The molecule has 1 aromatic carbocycles. The van der Waals surface area contributed by atoms with Crippen LogP contribution in [0, 0.1) is 10.1 Å². The van der Waals surface area contributed by atoms with Gasteiger partial charge in [-0.25, -0.2) is 10.3 Å². The number of aliphatic carboxylic acids is 1. The minimum atomic E-state index is -1.26. The molecule has 1 rings (SSSR count). The van der Waals surface area contributed by atoms with Gasteiger partial charge in [0.25, 0.3) is 11.6 Å². The van der Waals surface area contributed by atoms with E-state index in [9.17, 15) is 19.7 Å². The topological polar surface area (TPSA) is 119 Å². The summed E-state index contributed by atoms with van der Waals surface area (Å²) in [4.78, 5) is 36.1. The molecule has 0 saturated heterocycles. The first kappa shape index (κ1) is 14.1. The number of halogens is 1. The fraction of sp³-hybridized carbons (Fsp3) is 0.111. The maximum Gasteiger partial charge on any atom is 0.332 e. The molecule has 0 radical (unpaired) electrons. The molecular formula is C9H7BrN2O6. The van der Waals surface area contributed by atoms with E-state index in [0.717, 1.165) is 0 Å². The number of nitro groups is 1. The van der Waals surface area contributed by atoms with Crippen LogP contribution in [0.2, 0.25) is 0 Å². The Labute approximate surface area is 109 Å². The zero-order valence-corrected chi connectivity index (χ0v) is 10.3. The highest BCUT2D eigenvalue weighted by Crippen LogP contribution is 2.28. The van der Waals surface area contributed by atoms with Gasteiger partial charge in [0, 0.05) is 6.07 Å². The van der Waals surface area contributed by atoms with Crippen LogP contribution in [0.1, 0.15) is 10.4 Å². The lowest BCUT2D eigenvalue weighted by molar-refractivity contribution is -0.385. The number of carbonyl (C=O) groups excluding carboxylic acids is 1. The quantitative estimate of drug-likeness (QED) is 0.620. The highest BCUT2D eigenvalue weighted by atomic mass is 79.9. The molecule has 8 nitrogen and oxygen atoms in total. The number of hydrogen-bond donors (Lipinski definition) is 2. The van der Waals surface area contributed by atoms with Crippen molar-refractivity contribution in [3.8, 4) is 0 Å². The van der Waals surface area contributed by atoms with E-state index < -0.39 is 23.4 Å². The number of carbonyl (C=O) groups is 2. The molecule has 0 saturated carbocycles. The third-order valence-electron chi connectivity index (χ3n) is 1.78. The van der Waals surface area contributed by atoms with Gasteiger partial charge in [-0.1, -0.05) is 6.07 Å². The van der Waals surface area contributed by atoms with Crippen molar-refractivity contribution in [2.45, 2.75) is 0 Å². The van der Waals surface area contributed by atoms with Gasteiger partial charge >= 0.3 is 5.97 Å².